The molecule has 0 fully saturated rings. The molecule has 0 heterocycles. The van der Waals surface area contributed by atoms with Crippen molar-refractivity contribution in [2.24, 2.45) is 0 Å². The van der Waals surface area contributed by atoms with Crippen molar-refractivity contribution in [3.05, 3.63) is 29.8 Å². The summed E-state index contributed by atoms with van der Waals surface area (Å²) in [4.78, 5) is 0. The Kier molecular flexibility index (Phi) is 3.39. The predicted octanol–water partition coefficient (Wildman–Crippen LogP) is 2.62. The number of hydrogen-bond acceptors (Lipinski definition) is 0. The van der Waals surface area contributed by atoms with Crippen LogP contribution in [0.4, 0.5) is 0 Å². The van der Waals surface area contributed by atoms with Gasteiger partial charge in [-0.3, -0.25) is 0 Å². The zero-order chi connectivity index (χ0) is 9.19. The van der Waals surface area contributed by atoms with Gasteiger partial charge in [0.2, 0.25) is 0 Å². The van der Waals surface area contributed by atoms with E-state index in [2.05, 4.69) is 59.1 Å². The first kappa shape index (κ1) is 10.3. The Morgan fingerprint density at radius 1 is 1.08 bits per heavy atom. The maximum atomic E-state index is 3.49. The van der Waals surface area contributed by atoms with E-state index in [-0.39, 0.29) is 5.41 Å². The molecule has 66 valence electrons. The number of hydrogen-bond donors (Lipinski definition) is 0. The van der Waals surface area contributed by atoms with Crippen molar-refractivity contribution < 1.29 is 0 Å². The van der Waals surface area contributed by atoms with Crippen LogP contribution in [-0.2, 0) is 5.41 Å². The zero-order valence-electron chi connectivity index (χ0n) is 7.60. The topological polar surface area (TPSA) is 0 Å². The summed E-state index contributed by atoms with van der Waals surface area (Å²) in [7, 11) is 0. The molecule has 0 nitrogen and oxygen atoms in total. The van der Waals surface area contributed by atoms with Gasteiger partial charge in [-0.1, -0.05) is 0 Å². The van der Waals surface area contributed by atoms with Crippen LogP contribution in [0, 0.1) is 0 Å². The summed E-state index contributed by atoms with van der Waals surface area (Å²) in [5.41, 5.74) is 1.68. The molecule has 1 aromatic rings. The summed E-state index contributed by atoms with van der Waals surface area (Å²) in [6.45, 7) is 6.71. The third-order valence-corrected chi connectivity index (χ3v) is 4.70. The van der Waals surface area contributed by atoms with Gasteiger partial charge in [-0.2, -0.15) is 0 Å². The molecular weight excluding hydrogens is 279 g/mol. The molecular formula is C10H13BrSe. The van der Waals surface area contributed by atoms with Crippen LogP contribution in [-0.4, -0.2) is 13.1 Å². The molecule has 0 aliphatic rings. The molecule has 0 saturated heterocycles. The summed E-state index contributed by atoms with van der Waals surface area (Å²) >= 11 is 3.94. The van der Waals surface area contributed by atoms with Crippen LogP contribution in [0.15, 0.2) is 24.3 Å². The van der Waals surface area contributed by atoms with Crippen molar-refractivity contribution in [1.29, 1.82) is 0 Å². The molecule has 0 atom stereocenters. The second-order valence-electron chi connectivity index (χ2n) is 3.85. The first-order valence-electron chi connectivity index (χ1n) is 3.93. The summed E-state index contributed by atoms with van der Waals surface area (Å²) in [6, 6.07) is 8.85. The Hall–Kier alpha value is 0.219. The van der Waals surface area contributed by atoms with Gasteiger partial charge in [-0.25, -0.2) is 0 Å². The van der Waals surface area contributed by atoms with E-state index in [9.17, 15) is 0 Å². The van der Waals surface area contributed by atoms with Crippen LogP contribution in [0.1, 0.15) is 26.3 Å². The number of halogens is 1. The number of benzene rings is 1. The molecule has 0 amide bonds. The van der Waals surface area contributed by atoms with E-state index >= 15 is 0 Å². The molecule has 1 aromatic carbocycles. The van der Waals surface area contributed by atoms with Crippen molar-refractivity contribution in [1.82, 2.24) is 0 Å². The summed E-state index contributed by atoms with van der Waals surface area (Å²) in [5.74, 6) is 0. The normalized spacial score (nSPS) is 11.7. The Balaban J connectivity index is 2.93. The molecule has 0 N–H and O–H groups in total. The third-order valence-electron chi connectivity index (χ3n) is 1.81. The first-order chi connectivity index (χ1) is 5.54. The van der Waals surface area contributed by atoms with Crippen molar-refractivity contribution in [2.45, 2.75) is 26.2 Å². The summed E-state index contributed by atoms with van der Waals surface area (Å²) in [5, 5.41) is 0. The van der Waals surface area contributed by atoms with E-state index < -0.39 is 0 Å². The molecule has 0 saturated carbocycles. The van der Waals surface area contributed by atoms with Crippen LogP contribution in [0.3, 0.4) is 0 Å². The predicted molar refractivity (Wildman–Crippen MR) is 59.5 cm³/mol. The van der Waals surface area contributed by atoms with E-state index in [0.717, 1.165) is 0 Å². The number of rotatable bonds is 1. The van der Waals surface area contributed by atoms with Crippen LogP contribution >= 0.6 is 14.1 Å². The van der Waals surface area contributed by atoms with Crippen LogP contribution in [0.25, 0.3) is 0 Å². The van der Waals surface area contributed by atoms with Gasteiger partial charge in [0.25, 0.3) is 0 Å². The molecule has 0 radical (unpaired) electrons. The molecule has 0 spiro atoms. The molecule has 0 aromatic heterocycles. The fourth-order valence-corrected chi connectivity index (χ4v) is 2.63. The quantitative estimate of drug-likeness (QED) is 0.698. The zero-order valence-corrected chi connectivity index (χ0v) is 10.9. The second kappa shape index (κ2) is 3.95. The Morgan fingerprint density at radius 3 is 1.92 bits per heavy atom. The molecule has 0 aliphatic heterocycles. The SMILES string of the molecule is CC(C)(C)c1ccc([Se]Br)cc1. The van der Waals surface area contributed by atoms with Gasteiger partial charge in [-0.15, -0.1) is 0 Å². The third kappa shape index (κ3) is 2.62. The van der Waals surface area contributed by atoms with Gasteiger partial charge < -0.3 is 0 Å². The van der Waals surface area contributed by atoms with Gasteiger partial charge >= 0.3 is 87.7 Å². The van der Waals surface area contributed by atoms with Crippen LogP contribution in [0.2, 0.25) is 0 Å². The van der Waals surface area contributed by atoms with Crippen molar-refractivity contribution in [2.75, 3.05) is 0 Å². The van der Waals surface area contributed by atoms with Gasteiger partial charge in [-0.05, 0) is 0 Å². The second-order valence-corrected chi connectivity index (χ2v) is 6.85. The van der Waals surface area contributed by atoms with Gasteiger partial charge in [0, 0.05) is 0 Å². The fraction of sp³-hybridized carbons (Fsp3) is 0.400. The first-order valence-corrected chi connectivity index (χ1v) is 8.80. The van der Waals surface area contributed by atoms with Crippen LogP contribution in [0.5, 0.6) is 0 Å². The average Bonchev–Trinajstić information content (AvgIpc) is 2.03. The van der Waals surface area contributed by atoms with Gasteiger partial charge in [0.15, 0.2) is 0 Å². The fourth-order valence-electron chi connectivity index (χ4n) is 1.01. The van der Waals surface area contributed by atoms with Crippen molar-refractivity contribution in [3.63, 3.8) is 0 Å². The van der Waals surface area contributed by atoms with Crippen molar-refractivity contribution in [3.8, 4) is 0 Å². The maximum absolute atomic E-state index is 3.49. The van der Waals surface area contributed by atoms with Gasteiger partial charge in [0.05, 0.1) is 0 Å². The molecule has 2 heteroatoms. The Morgan fingerprint density at radius 2 is 1.58 bits per heavy atom. The average molecular weight is 292 g/mol. The molecule has 12 heavy (non-hydrogen) atoms. The van der Waals surface area contributed by atoms with E-state index in [0.29, 0.717) is 13.1 Å². The minimum absolute atomic E-state index is 0.276. The van der Waals surface area contributed by atoms with E-state index in [1.165, 1.54) is 10.0 Å². The monoisotopic (exact) mass is 292 g/mol. The molecule has 0 aliphatic carbocycles. The Labute approximate surface area is 87.6 Å². The Bertz CT molecular complexity index is 246. The van der Waals surface area contributed by atoms with Crippen LogP contribution < -0.4 is 4.46 Å². The van der Waals surface area contributed by atoms with Crippen molar-refractivity contribution >= 4 is 31.7 Å². The summed E-state index contributed by atoms with van der Waals surface area (Å²) in [6.07, 6.45) is 0. The minimum atomic E-state index is 0.276. The van der Waals surface area contributed by atoms with E-state index in [1.807, 2.05) is 0 Å². The molecule has 0 bridgehead atoms. The molecule has 1 rings (SSSR count). The molecule has 0 unspecified atom stereocenters. The van der Waals surface area contributed by atoms with E-state index in [1.54, 1.807) is 0 Å². The summed E-state index contributed by atoms with van der Waals surface area (Å²) < 4.78 is 1.40. The standard InChI is InChI=1S/C10H13BrSe/c1-10(2,3)8-4-6-9(12-11)7-5-8/h4-7H,1-3H3. The van der Waals surface area contributed by atoms with E-state index in [4.69, 9.17) is 0 Å². The van der Waals surface area contributed by atoms with Gasteiger partial charge in [0.1, 0.15) is 0 Å².